The number of nitrogens with zero attached hydrogens (tertiary/aromatic N) is 3. The third-order valence-electron chi connectivity index (χ3n) is 4.56. The van der Waals surface area contributed by atoms with Gasteiger partial charge in [-0.15, -0.1) is 0 Å². The number of hydrogen-bond acceptors (Lipinski definition) is 9. The maximum absolute atomic E-state index is 12.9. The standard InChI is InChI=1S/C18H18N4O5S2/c1-26-18(23)12-2-4-13(5-3-12)21-29(24,25)15-7-6-14(16-17(15)20-27-19-16)22-8-10-28-11-9-22/h2-7,21H,8-11H2,1H3. The van der Waals surface area contributed by atoms with Gasteiger partial charge in [-0.25, -0.2) is 17.8 Å². The largest absolute Gasteiger partial charge is 0.465 e. The van der Waals surface area contributed by atoms with Crippen molar-refractivity contribution in [1.29, 1.82) is 0 Å². The van der Waals surface area contributed by atoms with Gasteiger partial charge in [0.25, 0.3) is 10.0 Å². The summed E-state index contributed by atoms with van der Waals surface area (Å²) < 4.78 is 37.9. The number of sulfonamides is 1. The number of methoxy groups -OCH3 is 1. The Bertz CT molecular complexity index is 1140. The number of nitrogens with one attached hydrogen (secondary N) is 1. The summed E-state index contributed by atoms with van der Waals surface area (Å²) in [6.45, 7) is 1.70. The average Bonchev–Trinajstić information content (AvgIpc) is 3.23. The molecule has 1 saturated heterocycles. The van der Waals surface area contributed by atoms with E-state index in [-0.39, 0.29) is 10.4 Å². The fourth-order valence-corrected chi connectivity index (χ4v) is 5.20. The molecule has 1 aromatic heterocycles. The molecular formula is C18H18N4O5S2. The van der Waals surface area contributed by atoms with Crippen LogP contribution in [0.15, 0.2) is 45.9 Å². The molecule has 0 radical (unpaired) electrons. The van der Waals surface area contributed by atoms with E-state index in [4.69, 9.17) is 4.63 Å². The quantitative estimate of drug-likeness (QED) is 0.604. The van der Waals surface area contributed by atoms with Crippen molar-refractivity contribution in [3.05, 3.63) is 42.0 Å². The Morgan fingerprint density at radius 2 is 1.79 bits per heavy atom. The van der Waals surface area contributed by atoms with Gasteiger partial charge in [0.15, 0.2) is 11.0 Å². The Hall–Kier alpha value is -2.79. The van der Waals surface area contributed by atoms with Crippen molar-refractivity contribution in [2.45, 2.75) is 4.90 Å². The molecule has 11 heteroatoms. The lowest BCUT2D eigenvalue weighted by atomic mass is 10.2. The summed E-state index contributed by atoms with van der Waals surface area (Å²) in [5.41, 5.74) is 2.03. The third-order valence-corrected chi connectivity index (χ3v) is 6.91. The van der Waals surface area contributed by atoms with Crippen LogP contribution in [0, 0.1) is 0 Å². The van der Waals surface area contributed by atoms with Crippen molar-refractivity contribution in [2.24, 2.45) is 0 Å². The molecule has 0 saturated carbocycles. The van der Waals surface area contributed by atoms with Crippen LogP contribution >= 0.6 is 11.8 Å². The SMILES string of the molecule is COC(=O)c1ccc(NS(=O)(=O)c2ccc(N3CCSCC3)c3nonc23)cc1. The molecule has 152 valence electrons. The lowest BCUT2D eigenvalue weighted by Crippen LogP contribution is -2.32. The average molecular weight is 434 g/mol. The van der Waals surface area contributed by atoms with Gasteiger partial charge < -0.3 is 9.64 Å². The molecule has 0 unspecified atom stereocenters. The number of fused-ring (bicyclic) bond motifs is 1. The first-order valence-electron chi connectivity index (χ1n) is 8.79. The normalized spacial score (nSPS) is 14.7. The summed E-state index contributed by atoms with van der Waals surface area (Å²) in [6.07, 6.45) is 0. The van der Waals surface area contributed by atoms with E-state index >= 15 is 0 Å². The number of carbonyl (C=O) groups excluding carboxylic acids is 1. The molecule has 4 rings (SSSR count). The summed E-state index contributed by atoms with van der Waals surface area (Å²) in [5.74, 6) is 1.49. The summed E-state index contributed by atoms with van der Waals surface area (Å²) in [7, 11) is -2.67. The smallest absolute Gasteiger partial charge is 0.337 e. The van der Waals surface area contributed by atoms with Crippen molar-refractivity contribution < 1.29 is 22.6 Å². The van der Waals surface area contributed by atoms with Gasteiger partial charge in [0.1, 0.15) is 4.90 Å². The van der Waals surface area contributed by atoms with Crippen LogP contribution < -0.4 is 9.62 Å². The van der Waals surface area contributed by atoms with Gasteiger partial charge in [0, 0.05) is 30.3 Å². The van der Waals surface area contributed by atoms with Crippen molar-refractivity contribution in [3.8, 4) is 0 Å². The first-order chi connectivity index (χ1) is 14.0. The van der Waals surface area contributed by atoms with Gasteiger partial charge in [0.05, 0.1) is 18.4 Å². The first kappa shape index (κ1) is 19.5. The zero-order valence-corrected chi connectivity index (χ0v) is 17.1. The molecular weight excluding hydrogens is 416 g/mol. The predicted molar refractivity (Wildman–Crippen MR) is 110 cm³/mol. The van der Waals surface area contributed by atoms with E-state index in [2.05, 4.69) is 24.7 Å². The van der Waals surface area contributed by atoms with Crippen molar-refractivity contribution in [1.82, 2.24) is 10.3 Å². The summed E-state index contributed by atoms with van der Waals surface area (Å²) >= 11 is 1.88. The van der Waals surface area contributed by atoms with Crippen molar-refractivity contribution in [3.63, 3.8) is 0 Å². The number of anilines is 2. The molecule has 0 aliphatic carbocycles. The molecule has 0 bridgehead atoms. The minimum atomic E-state index is -3.95. The van der Waals surface area contributed by atoms with Crippen LogP contribution in [0.4, 0.5) is 11.4 Å². The van der Waals surface area contributed by atoms with E-state index in [1.54, 1.807) is 6.07 Å². The van der Waals surface area contributed by atoms with Crippen molar-refractivity contribution >= 4 is 50.2 Å². The van der Waals surface area contributed by atoms with Crippen LogP contribution in [0.25, 0.3) is 11.0 Å². The molecule has 29 heavy (non-hydrogen) atoms. The summed E-state index contributed by atoms with van der Waals surface area (Å²) in [5, 5.41) is 7.77. The molecule has 1 aliphatic rings. The Morgan fingerprint density at radius 3 is 2.48 bits per heavy atom. The van der Waals surface area contributed by atoms with Crippen LogP contribution in [0.3, 0.4) is 0 Å². The van der Waals surface area contributed by atoms with E-state index < -0.39 is 16.0 Å². The van der Waals surface area contributed by atoms with Gasteiger partial charge in [-0.1, -0.05) is 0 Å². The number of hydrogen-bond donors (Lipinski definition) is 1. The van der Waals surface area contributed by atoms with Crippen molar-refractivity contribution in [2.75, 3.05) is 41.3 Å². The van der Waals surface area contributed by atoms with Gasteiger partial charge in [-0.05, 0) is 46.7 Å². The van der Waals surface area contributed by atoms with E-state index in [0.29, 0.717) is 16.8 Å². The highest BCUT2D eigenvalue weighted by molar-refractivity contribution is 7.99. The predicted octanol–water partition coefficient (Wildman–Crippen LogP) is 2.36. The van der Waals surface area contributed by atoms with E-state index in [9.17, 15) is 13.2 Å². The lowest BCUT2D eigenvalue weighted by Gasteiger charge is -2.28. The maximum Gasteiger partial charge on any atom is 0.337 e. The molecule has 2 heterocycles. The highest BCUT2D eigenvalue weighted by Gasteiger charge is 2.25. The number of thioether (sulfide) groups is 1. The van der Waals surface area contributed by atoms with Gasteiger partial charge >= 0.3 is 5.97 Å². The lowest BCUT2D eigenvalue weighted by molar-refractivity contribution is 0.0601. The summed E-state index contributed by atoms with van der Waals surface area (Å²) in [4.78, 5) is 13.6. The number of esters is 1. The van der Waals surface area contributed by atoms with Crippen LogP contribution in [0.1, 0.15) is 10.4 Å². The Morgan fingerprint density at radius 1 is 1.10 bits per heavy atom. The number of aromatic nitrogens is 2. The second-order valence-corrected chi connectivity index (χ2v) is 9.19. The fraction of sp³-hybridized carbons (Fsp3) is 0.278. The Balaban J connectivity index is 1.65. The van der Waals surface area contributed by atoms with Crippen LogP contribution in [-0.4, -0.2) is 56.4 Å². The molecule has 0 spiro atoms. The minimum absolute atomic E-state index is 0.0269. The maximum atomic E-state index is 12.9. The molecule has 1 aliphatic heterocycles. The number of rotatable bonds is 5. The third kappa shape index (κ3) is 3.87. The molecule has 0 amide bonds. The Kier molecular flexibility index (Phi) is 5.33. The zero-order valence-electron chi connectivity index (χ0n) is 15.5. The van der Waals surface area contributed by atoms with E-state index in [1.807, 2.05) is 11.8 Å². The number of carbonyl (C=O) groups is 1. The van der Waals surface area contributed by atoms with Crippen LogP contribution in [-0.2, 0) is 14.8 Å². The second kappa shape index (κ2) is 7.91. The number of benzene rings is 2. The highest BCUT2D eigenvalue weighted by atomic mass is 32.2. The fourth-order valence-electron chi connectivity index (χ4n) is 3.11. The van der Waals surface area contributed by atoms with Crippen LogP contribution in [0.2, 0.25) is 0 Å². The molecule has 1 N–H and O–H groups in total. The minimum Gasteiger partial charge on any atom is -0.465 e. The summed E-state index contributed by atoms with van der Waals surface area (Å²) in [6, 6.07) is 9.18. The van der Waals surface area contributed by atoms with Gasteiger partial charge in [0.2, 0.25) is 0 Å². The second-order valence-electron chi connectivity index (χ2n) is 6.32. The Labute approximate surface area is 171 Å². The van der Waals surface area contributed by atoms with E-state index in [0.717, 1.165) is 30.3 Å². The highest BCUT2D eigenvalue weighted by Crippen LogP contribution is 2.31. The van der Waals surface area contributed by atoms with E-state index in [1.165, 1.54) is 37.4 Å². The topological polar surface area (TPSA) is 115 Å². The molecule has 2 aromatic carbocycles. The molecule has 1 fully saturated rings. The zero-order chi connectivity index (χ0) is 20.4. The van der Waals surface area contributed by atoms with Gasteiger partial charge in [-0.2, -0.15) is 11.8 Å². The molecule has 9 nitrogen and oxygen atoms in total. The molecule has 3 aromatic rings. The monoisotopic (exact) mass is 434 g/mol. The van der Waals surface area contributed by atoms with Crippen LogP contribution in [0.5, 0.6) is 0 Å². The first-order valence-corrected chi connectivity index (χ1v) is 11.4. The molecule has 0 atom stereocenters. The number of ether oxygens (including phenoxy) is 1. The van der Waals surface area contributed by atoms with Gasteiger partial charge in [-0.3, -0.25) is 4.72 Å².